The third-order valence-corrected chi connectivity index (χ3v) is 5.65. The second kappa shape index (κ2) is 7.16. The number of benzene rings is 1. The summed E-state index contributed by atoms with van der Waals surface area (Å²) >= 11 is 0. The molecule has 1 fully saturated rings. The fraction of sp³-hybridized carbons (Fsp3) is 0.476. The topological polar surface area (TPSA) is 44.9 Å². The van der Waals surface area contributed by atoms with Crippen LogP contribution in [0.5, 0.6) is 11.5 Å². The summed E-state index contributed by atoms with van der Waals surface area (Å²) in [5, 5.41) is 0. The fourth-order valence-electron chi connectivity index (χ4n) is 4.65. The van der Waals surface area contributed by atoms with Crippen molar-refractivity contribution in [3.05, 3.63) is 58.0 Å². The number of aromatic nitrogens is 1. The molecule has 0 aliphatic carbocycles. The first-order chi connectivity index (χ1) is 12.7. The van der Waals surface area contributed by atoms with E-state index in [0.29, 0.717) is 18.4 Å². The Bertz CT molecular complexity index is 845. The predicted molar refractivity (Wildman–Crippen MR) is 100 cm³/mol. The van der Waals surface area contributed by atoms with Gasteiger partial charge in [-0.1, -0.05) is 6.07 Å². The van der Waals surface area contributed by atoms with Crippen LogP contribution in [0.15, 0.2) is 41.2 Å². The molecule has 0 amide bonds. The van der Waals surface area contributed by atoms with Gasteiger partial charge in [0, 0.05) is 35.7 Å². The van der Waals surface area contributed by atoms with E-state index in [2.05, 4.69) is 18.2 Å². The molecule has 2 aromatic rings. The average Bonchev–Trinajstić information content (AvgIpc) is 2.63. The summed E-state index contributed by atoms with van der Waals surface area (Å²) in [7, 11) is 1.67. The van der Waals surface area contributed by atoms with Crippen LogP contribution >= 0.6 is 0 Å². The molecule has 2 aliphatic rings. The maximum Gasteiger partial charge on any atom is 0.250 e. The molecule has 5 heteroatoms. The molecule has 1 unspecified atom stereocenters. The number of hydrogen-bond acceptors (Lipinski definition) is 3. The van der Waals surface area contributed by atoms with Gasteiger partial charge in [-0.05, 0) is 37.6 Å². The zero-order valence-electron chi connectivity index (χ0n) is 15.5. The number of likely N-dealkylation sites (tertiary alicyclic amines) is 1. The summed E-state index contributed by atoms with van der Waals surface area (Å²) in [5.41, 5.74) is 2.64. The second-order valence-electron chi connectivity index (χ2n) is 7.45. The molecule has 1 aromatic heterocycles. The Morgan fingerprint density at radius 2 is 2.08 bits per heavy atom. The maximum atomic E-state index is 12.2. The van der Waals surface area contributed by atoms with Crippen LogP contribution in [0.3, 0.4) is 0 Å². The monoisotopic (exact) mass is 355 g/mol. The van der Waals surface area contributed by atoms with Crippen molar-refractivity contribution < 1.29 is 14.4 Å². The van der Waals surface area contributed by atoms with Gasteiger partial charge >= 0.3 is 0 Å². The van der Waals surface area contributed by atoms with Gasteiger partial charge in [0.1, 0.15) is 6.54 Å². The van der Waals surface area contributed by atoms with Crippen molar-refractivity contribution in [2.75, 3.05) is 26.8 Å². The highest BCUT2D eigenvalue weighted by Crippen LogP contribution is 2.31. The molecule has 0 radical (unpaired) electrons. The van der Waals surface area contributed by atoms with Gasteiger partial charge in [0.25, 0.3) is 5.56 Å². The molecule has 138 valence electrons. The van der Waals surface area contributed by atoms with Crippen molar-refractivity contribution in [1.29, 1.82) is 0 Å². The summed E-state index contributed by atoms with van der Waals surface area (Å²) in [6.07, 6.45) is 1.21. The first kappa shape index (κ1) is 17.2. The smallest absolute Gasteiger partial charge is 0.250 e. The van der Waals surface area contributed by atoms with Crippen molar-refractivity contribution in [3.63, 3.8) is 0 Å². The van der Waals surface area contributed by atoms with Gasteiger partial charge in [-0.15, -0.1) is 0 Å². The molecular weight excluding hydrogens is 328 g/mol. The van der Waals surface area contributed by atoms with Crippen LogP contribution in [0.4, 0.5) is 0 Å². The van der Waals surface area contributed by atoms with Gasteiger partial charge in [0.2, 0.25) is 0 Å². The third-order valence-electron chi connectivity index (χ3n) is 5.65. The average molecular weight is 355 g/mol. The number of methoxy groups -OCH3 is 1. The Balaban J connectivity index is 1.53. The summed E-state index contributed by atoms with van der Waals surface area (Å²) in [4.78, 5) is 13.7. The highest BCUT2D eigenvalue weighted by atomic mass is 16.5. The lowest BCUT2D eigenvalue weighted by Crippen LogP contribution is -3.13. The number of pyridine rings is 1. The molecule has 26 heavy (non-hydrogen) atoms. The van der Waals surface area contributed by atoms with Gasteiger partial charge < -0.3 is 18.9 Å². The zero-order chi connectivity index (χ0) is 18.1. The van der Waals surface area contributed by atoms with Crippen molar-refractivity contribution in [2.45, 2.75) is 32.4 Å². The molecule has 3 atom stereocenters. The van der Waals surface area contributed by atoms with Crippen LogP contribution in [0, 0.1) is 5.92 Å². The summed E-state index contributed by atoms with van der Waals surface area (Å²) < 4.78 is 13.1. The van der Waals surface area contributed by atoms with Crippen LogP contribution in [-0.4, -0.2) is 31.4 Å². The summed E-state index contributed by atoms with van der Waals surface area (Å²) in [5.74, 6) is 2.67. The van der Waals surface area contributed by atoms with Crippen LogP contribution in [0.25, 0.3) is 0 Å². The molecule has 4 rings (SSSR count). The molecule has 5 nitrogen and oxygen atoms in total. The first-order valence-electron chi connectivity index (χ1n) is 9.51. The minimum absolute atomic E-state index is 0.150. The molecule has 1 N–H and O–H groups in total. The van der Waals surface area contributed by atoms with Gasteiger partial charge in [0.05, 0.1) is 26.8 Å². The normalized spacial score (nSPS) is 24.0. The molecule has 3 heterocycles. The fourth-order valence-corrected chi connectivity index (χ4v) is 4.65. The van der Waals surface area contributed by atoms with E-state index < -0.39 is 0 Å². The molecule has 2 bridgehead atoms. The lowest BCUT2D eigenvalue weighted by atomic mass is 9.83. The van der Waals surface area contributed by atoms with Gasteiger partial charge in [-0.25, -0.2) is 0 Å². The number of nitrogens with one attached hydrogen (secondary N) is 1. The van der Waals surface area contributed by atoms with Crippen LogP contribution < -0.4 is 19.9 Å². The number of piperidine rings is 1. The van der Waals surface area contributed by atoms with E-state index in [-0.39, 0.29) is 5.56 Å². The Morgan fingerprint density at radius 3 is 2.88 bits per heavy atom. The van der Waals surface area contributed by atoms with E-state index in [1.54, 1.807) is 18.1 Å². The molecule has 1 saturated heterocycles. The van der Waals surface area contributed by atoms with Crippen molar-refractivity contribution in [1.82, 2.24) is 4.57 Å². The molecule has 2 aliphatic heterocycles. The standard InChI is InChI=1S/C21H26N2O3/c1-3-26-20-10-15(7-8-19(20)25-2)11-22-12-16-9-17(14-22)18-5-4-6-21(24)23(18)13-16/h4-8,10,16-17H,3,9,11-14H2,1-2H3/p+1/t16-,17+/m0/s1. The van der Waals surface area contributed by atoms with Crippen molar-refractivity contribution in [3.8, 4) is 11.5 Å². The maximum absolute atomic E-state index is 12.2. The van der Waals surface area contributed by atoms with E-state index in [4.69, 9.17) is 9.47 Å². The number of rotatable bonds is 5. The Hall–Kier alpha value is -2.27. The Kier molecular flexibility index (Phi) is 4.72. The summed E-state index contributed by atoms with van der Waals surface area (Å²) in [6.45, 7) is 6.66. The number of quaternary nitrogens is 1. The van der Waals surface area contributed by atoms with Crippen LogP contribution in [0.2, 0.25) is 0 Å². The largest absolute Gasteiger partial charge is 0.493 e. The zero-order valence-corrected chi connectivity index (χ0v) is 15.5. The highest BCUT2D eigenvalue weighted by molar-refractivity contribution is 5.42. The van der Waals surface area contributed by atoms with E-state index in [1.165, 1.54) is 17.7 Å². The Morgan fingerprint density at radius 1 is 1.19 bits per heavy atom. The number of nitrogens with zero attached hydrogens (tertiary/aromatic N) is 1. The predicted octanol–water partition coefficient (Wildman–Crippen LogP) is 1.46. The second-order valence-corrected chi connectivity index (χ2v) is 7.45. The van der Waals surface area contributed by atoms with Gasteiger partial charge in [0.15, 0.2) is 11.5 Å². The lowest BCUT2D eigenvalue weighted by Gasteiger charge is -2.40. The Labute approximate surface area is 154 Å². The molecule has 0 saturated carbocycles. The van der Waals surface area contributed by atoms with E-state index in [1.807, 2.05) is 23.6 Å². The van der Waals surface area contributed by atoms with Crippen molar-refractivity contribution in [2.24, 2.45) is 5.92 Å². The minimum Gasteiger partial charge on any atom is -0.493 e. The number of hydrogen-bond donors (Lipinski definition) is 1. The van der Waals surface area contributed by atoms with Crippen LogP contribution in [0.1, 0.15) is 30.5 Å². The van der Waals surface area contributed by atoms with Crippen molar-refractivity contribution >= 4 is 0 Å². The van der Waals surface area contributed by atoms with Crippen LogP contribution in [-0.2, 0) is 13.1 Å². The molecule has 1 aromatic carbocycles. The quantitative estimate of drug-likeness (QED) is 0.883. The highest BCUT2D eigenvalue weighted by Gasteiger charge is 2.37. The van der Waals surface area contributed by atoms with E-state index >= 15 is 0 Å². The van der Waals surface area contributed by atoms with Gasteiger partial charge in [-0.3, -0.25) is 4.79 Å². The lowest BCUT2D eigenvalue weighted by molar-refractivity contribution is -0.924. The molecule has 0 spiro atoms. The SMILES string of the molecule is CCOc1cc(C[NH+]2C[C@@H]3C[C@H](C2)c2cccc(=O)n2C3)ccc1OC. The minimum atomic E-state index is 0.150. The first-order valence-corrected chi connectivity index (χ1v) is 9.51. The summed E-state index contributed by atoms with van der Waals surface area (Å²) in [6, 6.07) is 12.0. The molecular formula is C21H27N2O3+. The number of ether oxygens (including phenoxy) is 2. The van der Waals surface area contributed by atoms with E-state index in [0.717, 1.165) is 37.7 Å². The number of fused-ring (bicyclic) bond motifs is 4. The van der Waals surface area contributed by atoms with E-state index in [9.17, 15) is 4.79 Å². The third kappa shape index (κ3) is 3.23. The van der Waals surface area contributed by atoms with Gasteiger partial charge in [-0.2, -0.15) is 0 Å².